The van der Waals surface area contributed by atoms with Crippen molar-refractivity contribution in [2.24, 2.45) is 12.8 Å². The van der Waals surface area contributed by atoms with Crippen LogP contribution in [0.2, 0.25) is 0 Å². The van der Waals surface area contributed by atoms with Crippen LogP contribution in [0.3, 0.4) is 0 Å². The standard InChI is InChI=1S/C17H33N3/c1-5-6-7-8-9-10-11-12-16(18)13-17-14(2)19-20(4)15(17)3/h16H,5-13,18H2,1-4H3. The molecule has 2 N–H and O–H groups in total. The Morgan fingerprint density at radius 1 is 1.05 bits per heavy atom. The SMILES string of the molecule is CCCCCCCCCC(N)Cc1c(C)nn(C)c1C. The first-order valence-corrected chi connectivity index (χ1v) is 8.30. The Hall–Kier alpha value is -0.830. The fourth-order valence-electron chi connectivity index (χ4n) is 2.84. The summed E-state index contributed by atoms with van der Waals surface area (Å²) in [6.07, 6.45) is 11.6. The van der Waals surface area contributed by atoms with Crippen molar-refractivity contribution in [3.8, 4) is 0 Å². The smallest absolute Gasteiger partial charge is 0.0628 e. The van der Waals surface area contributed by atoms with Crippen molar-refractivity contribution >= 4 is 0 Å². The van der Waals surface area contributed by atoms with Crippen molar-refractivity contribution in [1.82, 2.24) is 9.78 Å². The van der Waals surface area contributed by atoms with Crippen LogP contribution in [0.5, 0.6) is 0 Å². The van der Waals surface area contributed by atoms with Crippen molar-refractivity contribution < 1.29 is 0 Å². The maximum absolute atomic E-state index is 6.28. The van der Waals surface area contributed by atoms with E-state index in [9.17, 15) is 0 Å². The minimum absolute atomic E-state index is 0.284. The van der Waals surface area contributed by atoms with E-state index in [0.717, 1.165) is 18.5 Å². The first kappa shape index (κ1) is 17.2. The summed E-state index contributed by atoms with van der Waals surface area (Å²) in [7, 11) is 2.01. The Labute approximate surface area is 124 Å². The van der Waals surface area contributed by atoms with Crippen LogP contribution in [0, 0.1) is 13.8 Å². The highest BCUT2D eigenvalue weighted by molar-refractivity contribution is 5.25. The molecule has 1 aromatic rings. The molecule has 116 valence electrons. The van der Waals surface area contributed by atoms with Crippen LogP contribution >= 0.6 is 0 Å². The number of nitrogens with zero attached hydrogens (tertiary/aromatic N) is 2. The van der Waals surface area contributed by atoms with E-state index in [1.807, 2.05) is 11.7 Å². The molecule has 1 atom stereocenters. The van der Waals surface area contributed by atoms with Crippen molar-refractivity contribution in [3.63, 3.8) is 0 Å². The van der Waals surface area contributed by atoms with E-state index in [-0.39, 0.29) is 6.04 Å². The fourth-order valence-corrected chi connectivity index (χ4v) is 2.84. The topological polar surface area (TPSA) is 43.8 Å². The Morgan fingerprint density at radius 2 is 1.65 bits per heavy atom. The molecule has 0 aliphatic heterocycles. The molecule has 0 saturated carbocycles. The van der Waals surface area contributed by atoms with E-state index in [0.29, 0.717) is 0 Å². The van der Waals surface area contributed by atoms with Gasteiger partial charge in [-0.25, -0.2) is 0 Å². The number of rotatable bonds is 10. The average Bonchev–Trinajstić information content (AvgIpc) is 2.64. The molecule has 0 aromatic carbocycles. The van der Waals surface area contributed by atoms with Gasteiger partial charge in [0.05, 0.1) is 5.69 Å². The number of nitrogens with two attached hydrogens (primary N) is 1. The molecule has 0 saturated heterocycles. The first-order valence-electron chi connectivity index (χ1n) is 8.30. The molecular weight excluding hydrogens is 246 g/mol. The van der Waals surface area contributed by atoms with Crippen LogP contribution in [0.25, 0.3) is 0 Å². The van der Waals surface area contributed by atoms with Gasteiger partial charge in [-0.2, -0.15) is 5.10 Å². The largest absolute Gasteiger partial charge is 0.327 e. The highest BCUT2D eigenvalue weighted by Gasteiger charge is 2.12. The molecule has 0 bridgehead atoms. The molecule has 1 rings (SSSR count). The lowest BCUT2D eigenvalue weighted by molar-refractivity contribution is 0.527. The van der Waals surface area contributed by atoms with E-state index in [1.165, 1.54) is 56.2 Å². The van der Waals surface area contributed by atoms with Gasteiger partial charge in [-0.15, -0.1) is 0 Å². The van der Waals surface area contributed by atoms with Crippen LogP contribution < -0.4 is 5.73 Å². The van der Waals surface area contributed by atoms with Crippen molar-refractivity contribution in [2.75, 3.05) is 0 Å². The molecule has 20 heavy (non-hydrogen) atoms. The highest BCUT2D eigenvalue weighted by Crippen LogP contribution is 2.16. The average molecular weight is 279 g/mol. The molecule has 0 radical (unpaired) electrons. The van der Waals surface area contributed by atoms with Gasteiger partial charge < -0.3 is 5.73 Å². The van der Waals surface area contributed by atoms with Gasteiger partial charge in [0, 0.05) is 18.8 Å². The zero-order chi connectivity index (χ0) is 15.0. The second-order valence-corrected chi connectivity index (χ2v) is 6.15. The molecule has 0 aliphatic rings. The minimum Gasteiger partial charge on any atom is -0.327 e. The number of unbranched alkanes of at least 4 members (excludes halogenated alkanes) is 6. The van der Waals surface area contributed by atoms with Gasteiger partial charge in [0.1, 0.15) is 0 Å². The molecule has 0 aliphatic carbocycles. The summed E-state index contributed by atoms with van der Waals surface area (Å²) in [5.41, 5.74) is 10.0. The number of aromatic nitrogens is 2. The molecule has 3 heteroatoms. The first-order chi connectivity index (χ1) is 9.56. The monoisotopic (exact) mass is 279 g/mol. The summed E-state index contributed by atoms with van der Waals surface area (Å²) >= 11 is 0. The zero-order valence-corrected chi connectivity index (χ0v) is 13.9. The summed E-state index contributed by atoms with van der Waals surface area (Å²) in [6, 6.07) is 0.284. The molecule has 1 aromatic heterocycles. The van der Waals surface area contributed by atoms with Gasteiger partial charge in [0.25, 0.3) is 0 Å². The predicted octanol–water partition coefficient (Wildman–Crippen LogP) is 4.05. The molecule has 0 fully saturated rings. The van der Waals surface area contributed by atoms with E-state index in [2.05, 4.69) is 25.9 Å². The Bertz CT molecular complexity index is 382. The lowest BCUT2D eigenvalue weighted by Crippen LogP contribution is -2.23. The highest BCUT2D eigenvalue weighted by atomic mass is 15.3. The second-order valence-electron chi connectivity index (χ2n) is 6.15. The van der Waals surface area contributed by atoms with E-state index < -0.39 is 0 Å². The Balaban J connectivity index is 2.19. The molecule has 0 spiro atoms. The molecule has 1 heterocycles. The minimum atomic E-state index is 0.284. The van der Waals surface area contributed by atoms with Crippen molar-refractivity contribution in [2.45, 2.75) is 84.6 Å². The van der Waals surface area contributed by atoms with E-state index in [1.54, 1.807) is 0 Å². The van der Waals surface area contributed by atoms with Crippen LogP contribution in [0.15, 0.2) is 0 Å². The predicted molar refractivity (Wildman–Crippen MR) is 87.0 cm³/mol. The van der Waals surface area contributed by atoms with Crippen LogP contribution in [-0.2, 0) is 13.5 Å². The van der Waals surface area contributed by atoms with Gasteiger partial charge in [-0.3, -0.25) is 4.68 Å². The third kappa shape index (κ3) is 5.66. The van der Waals surface area contributed by atoms with Gasteiger partial charge >= 0.3 is 0 Å². The van der Waals surface area contributed by atoms with Crippen molar-refractivity contribution in [3.05, 3.63) is 17.0 Å². The zero-order valence-electron chi connectivity index (χ0n) is 13.9. The molecular formula is C17H33N3. The Kier molecular flexibility index (Phi) is 7.90. The number of aryl methyl sites for hydroxylation is 2. The summed E-state index contributed by atoms with van der Waals surface area (Å²) in [5.74, 6) is 0. The van der Waals surface area contributed by atoms with Gasteiger partial charge in [-0.05, 0) is 32.3 Å². The van der Waals surface area contributed by atoms with Gasteiger partial charge in [0.15, 0.2) is 0 Å². The lowest BCUT2D eigenvalue weighted by atomic mass is 9.99. The van der Waals surface area contributed by atoms with Gasteiger partial charge in [-0.1, -0.05) is 51.9 Å². The third-order valence-electron chi connectivity index (χ3n) is 4.30. The normalized spacial score (nSPS) is 12.8. The summed E-state index contributed by atoms with van der Waals surface area (Å²) < 4.78 is 1.96. The van der Waals surface area contributed by atoms with E-state index >= 15 is 0 Å². The van der Waals surface area contributed by atoms with E-state index in [4.69, 9.17) is 5.73 Å². The third-order valence-corrected chi connectivity index (χ3v) is 4.30. The maximum Gasteiger partial charge on any atom is 0.0628 e. The maximum atomic E-state index is 6.28. The van der Waals surface area contributed by atoms with Crippen molar-refractivity contribution in [1.29, 1.82) is 0 Å². The second kappa shape index (κ2) is 9.17. The summed E-state index contributed by atoms with van der Waals surface area (Å²) in [5, 5.41) is 4.46. The Morgan fingerprint density at radius 3 is 2.20 bits per heavy atom. The quantitative estimate of drug-likeness (QED) is 0.657. The summed E-state index contributed by atoms with van der Waals surface area (Å²) in [4.78, 5) is 0. The number of hydrogen-bond donors (Lipinski definition) is 1. The molecule has 0 amide bonds. The summed E-state index contributed by atoms with van der Waals surface area (Å²) in [6.45, 7) is 6.49. The molecule has 3 nitrogen and oxygen atoms in total. The van der Waals surface area contributed by atoms with Crippen LogP contribution in [-0.4, -0.2) is 15.8 Å². The van der Waals surface area contributed by atoms with Gasteiger partial charge in [0.2, 0.25) is 0 Å². The van der Waals surface area contributed by atoms with Crippen LogP contribution in [0.1, 0.15) is 75.2 Å². The van der Waals surface area contributed by atoms with Crippen LogP contribution in [0.4, 0.5) is 0 Å². The molecule has 1 unspecified atom stereocenters. The number of hydrogen-bond acceptors (Lipinski definition) is 2. The lowest BCUT2D eigenvalue weighted by Gasteiger charge is -2.12. The fraction of sp³-hybridized carbons (Fsp3) is 0.824.